The first-order valence-corrected chi connectivity index (χ1v) is 23.6. The Bertz CT molecular complexity index is 1220. The van der Waals surface area contributed by atoms with Crippen LogP contribution in [0.2, 0.25) is 0 Å². The van der Waals surface area contributed by atoms with Crippen molar-refractivity contribution in [3.63, 3.8) is 0 Å². The van der Waals surface area contributed by atoms with E-state index in [1.807, 2.05) is 12.2 Å². The van der Waals surface area contributed by atoms with Gasteiger partial charge in [-0.1, -0.05) is 140 Å². The number of carbonyl (C=O) groups excluding carboxylic acids is 3. The molecule has 1 fully saturated rings. The van der Waals surface area contributed by atoms with E-state index in [1.54, 1.807) is 12.2 Å². The van der Waals surface area contributed by atoms with Crippen LogP contribution in [0, 0.1) is 11.8 Å². The molecule has 1 aliphatic carbocycles. The third-order valence-corrected chi connectivity index (χ3v) is 10.7. The largest absolute Gasteiger partial charge is 0.469 e. The van der Waals surface area contributed by atoms with Crippen LogP contribution < -0.4 is 0 Å². The minimum atomic E-state index is -4.82. The van der Waals surface area contributed by atoms with E-state index in [1.165, 1.54) is 57.8 Å². The highest BCUT2D eigenvalue weighted by atomic mass is 31.2. The molecule has 57 heavy (non-hydrogen) atoms. The van der Waals surface area contributed by atoms with Crippen LogP contribution in [0.5, 0.6) is 0 Å². The van der Waals surface area contributed by atoms with E-state index in [-0.39, 0.29) is 37.6 Å². The zero-order chi connectivity index (χ0) is 42.0. The van der Waals surface area contributed by atoms with Gasteiger partial charge in [-0.3, -0.25) is 18.9 Å². The normalized spacial score (nSPS) is 18.8. The molecule has 0 heterocycles. The van der Waals surface area contributed by atoms with Gasteiger partial charge >= 0.3 is 19.8 Å². The third kappa shape index (κ3) is 30.3. The molecule has 0 aromatic carbocycles. The van der Waals surface area contributed by atoms with Crippen molar-refractivity contribution in [1.29, 1.82) is 0 Å². The second kappa shape index (κ2) is 34.5. The van der Waals surface area contributed by atoms with Gasteiger partial charge in [0.2, 0.25) is 0 Å². The summed E-state index contributed by atoms with van der Waals surface area (Å²) < 4.78 is 26.4. The van der Waals surface area contributed by atoms with Gasteiger partial charge in [0.25, 0.3) is 0 Å². The SMILES string of the molecule is CCCCC/C=C\C/C=C\CCCCCCCCCCCC(=O)O[C@H](COC(=O)CCC/C=C\C[C@H]1[C@@H](O)CC(=O)[C@@H]1/C=C/[C@@H](O)CCCCC)COP(=O)(O)O. The van der Waals surface area contributed by atoms with E-state index in [0.29, 0.717) is 32.1 Å². The summed E-state index contributed by atoms with van der Waals surface area (Å²) in [4.78, 5) is 55.6. The van der Waals surface area contributed by atoms with Crippen LogP contribution in [0.15, 0.2) is 48.6 Å². The molecule has 5 atom stereocenters. The van der Waals surface area contributed by atoms with E-state index in [4.69, 9.17) is 19.3 Å². The molecule has 1 aliphatic rings. The number of esters is 2. The third-order valence-electron chi connectivity index (χ3n) is 10.2. The molecular weight excluding hydrogens is 747 g/mol. The van der Waals surface area contributed by atoms with Crippen LogP contribution in [0.4, 0.5) is 0 Å². The Labute approximate surface area is 344 Å². The van der Waals surface area contributed by atoms with Gasteiger partial charge in [-0.25, -0.2) is 4.57 Å². The molecule has 0 bridgehead atoms. The summed E-state index contributed by atoms with van der Waals surface area (Å²) in [5.74, 6) is -1.83. The number of aliphatic hydroxyl groups is 2. The number of aliphatic hydroxyl groups excluding tert-OH is 2. The number of unbranched alkanes of at least 4 members (excludes halogenated alkanes) is 15. The summed E-state index contributed by atoms with van der Waals surface area (Å²) >= 11 is 0. The lowest BCUT2D eigenvalue weighted by molar-refractivity contribution is -0.161. The number of phosphoric acid groups is 1. The molecule has 0 aliphatic heterocycles. The Balaban J connectivity index is 2.25. The first kappa shape index (κ1) is 52.6. The quantitative estimate of drug-likeness (QED) is 0.0205. The van der Waals surface area contributed by atoms with Crippen molar-refractivity contribution in [2.75, 3.05) is 13.2 Å². The molecule has 0 amide bonds. The maximum absolute atomic E-state index is 12.5. The van der Waals surface area contributed by atoms with Crippen molar-refractivity contribution in [2.45, 2.75) is 193 Å². The predicted molar refractivity (Wildman–Crippen MR) is 226 cm³/mol. The Morgan fingerprint density at radius 1 is 0.737 bits per heavy atom. The summed E-state index contributed by atoms with van der Waals surface area (Å²) in [5.41, 5.74) is 0. The fourth-order valence-electron chi connectivity index (χ4n) is 6.80. The Hall–Kier alpha value is -2.40. The zero-order valence-corrected chi connectivity index (χ0v) is 36.1. The van der Waals surface area contributed by atoms with Gasteiger partial charge in [-0.15, -0.1) is 0 Å². The molecule has 1 saturated carbocycles. The molecule has 4 N–H and O–H groups in total. The van der Waals surface area contributed by atoms with E-state index < -0.39 is 50.6 Å². The fraction of sp³-hybridized carbons (Fsp3) is 0.756. The monoisotopic (exact) mass is 825 g/mol. The molecular formula is C45H77O11P. The average molecular weight is 825 g/mol. The first-order valence-electron chi connectivity index (χ1n) is 22.0. The molecule has 11 nitrogen and oxygen atoms in total. The van der Waals surface area contributed by atoms with Crippen LogP contribution in [-0.2, 0) is 32.9 Å². The summed E-state index contributed by atoms with van der Waals surface area (Å²) in [7, 11) is -4.82. The molecule has 12 heteroatoms. The van der Waals surface area contributed by atoms with Crippen molar-refractivity contribution in [3.8, 4) is 0 Å². The highest BCUT2D eigenvalue weighted by Crippen LogP contribution is 2.36. The Kier molecular flexibility index (Phi) is 31.8. The highest BCUT2D eigenvalue weighted by molar-refractivity contribution is 7.46. The van der Waals surface area contributed by atoms with Gasteiger partial charge in [-0.05, 0) is 64.2 Å². The zero-order valence-electron chi connectivity index (χ0n) is 35.2. The number of rotatable bonds is 36. The van der Waals surface area contributed by atoms with E-state index in [0.717, 1.165) is 51.4 Å². The smallest absolute Gasteiger partial charge is 0.462 e. The standard InChI is InChI=1S/C45H77O11P/c1-3-5-7-8-9-10-11-12-13-14-15-16-17-18-19-20-21-22-28-32-45(50)56-39(37-55-57(51,52)53)36-54-44(49)31-27-24-23-26-30-40-41(43(48)35-42(40)47)34-33-38(46)29-25-6-4-2/h9-10,12-13,23,26,33-34,38-42,46-47H,3-8,11,14-22,24-25,27-32,35-37H2,1-2H3,(H2,51,52,53)/b10-9-,13-12-,26-23-,34-33+/t38-,39+,40+,41+,42-/m0/s1. The molecule has 0 aromatic heterocycles. The summed E-state index contributed by atoms with van der Waals surface area (Å²) in [6.45, 7) is 3.33. The molecule has 0 unspecified atom stereocenters. The fourth-order valence-corrected chi connectivity index (χ4v) is 7.16. The summed E-state index contributed by atoms with van der Waals surface area (Å²) in [6, 6.07) is 0. The first-order chi connectivity index (χ1) is 27.5. The van der Waals surface area contributed by atoms with Crippen LogP contribution in [-0.4, -0.2) is 69.2 Å². The number of carbonyl (C=O) groups is 3. The number of Topliss-reactive ketones (excluding diaryl/α,β-unsaturated/α-hetero) is 1. The number of ether oxygens (including phenoxy) is 2. The summed E-state index contributed by atoms with van der Waals surface area (Å²) in [5, 5.41) is 20.6. The van der Waals surface area contributed by atoms with Crippen LogP contribution in [0.25, 0.3) is 0 Å². The van der Waals surface area contributed by atoms with E-state index >= 15 is 0 Å². The lowest BCUT2D eigenvalue weighted by Crippen LogP contribution is -2.29. The average Bonchev–Trinajstić information content (AvgIpc) is 3.44. The molecule has 0 spiro atoms. The summed E-state index contributed by atoms with van der Waals surface area (Å²) in [6.07, 6.45) is 36.2. The van der Waals surface area contributed by atoms with Gasteiger partial charge in [0, 0.05) is 31.1 Å². The number of hydrogen-bond donors (Lipinski definition) is 4. The number of allylic oxidation sites excluding steroid dienone is 7. The predicted octanol–water partition coefficient (Wildman–Crippen LogP) is 10.1. The molecule has 328 valence electrons. The van der Waals surface area contributed by atoms with E-state index in [9.17, 15) is 29.2 Å². The molecule has 1 rings (SSSR count). The minimum Gasteiger partial charge on any atom is -0.462 e. The number of phosphoric ester groups is 1. The highest BCUT2D eigenvalue weighted by Gasteiger charge is 2.39. The molecule has 0 saturated heterocycles. The van der Waals surface area contributed by atoms with Crippen LogP contribution in [0.3, 0.4) is 0 Å². The molecule has 0 radical (unpaired) electrons. The number of hydrogen-bond acceptors (Lipinski definition) is 9. The minimum absolute atomic E-state index is 0.0334. The van der Waals surface area contributed by atoms with Crippen molar-refractivity contribution in [1.82, 2.24) is 0 Å². The lowest BCUT2D eigenvalue weighted by Gasteiger charge is -2.18. The van der Waals surface area contributed by atoms with Crippen molar-refractivity contribution < 1.29 is 52.9 Å². The van der Waals surface area contributed by atoms with Crippen LogP contribution in [0.1, 0.15) is 174 Å². The lowest BCUT2D eigenvalue weighted by atomic mass is 9.90. The van der Waals surface area contributed by atoms with Crippen molar-refractivity contribution >= 4 is 25.5 Å². The molecule has 0 aromatic rings. The van der Waals surface area contributed by atoms with Gasteiger partial charge in [0.1, 0.15) is 12.4 Å². The second-order valence-corrected chi connectivity index (χ2v) is 16.7. The maximum Gasteiger partial charge on any atom is 0.469 e. The van der Waals surface area contributed by atoms with Crippen LogP contribution >= 0.6 is 7.82 Å². The van der Waals surface area contributed by atoms with Crippen molar-refractivity contribution in [3.05, 3.63) is 48.6 Å². The maximum atomic E-state index is 12.5. The van der Waals surface area contributed by atoms with Gasteiger partial charge in [-0.2, -0.15) is 0 Å². The van der Waals surface area contributed by atoms with Gasteiger partial charge in [0.15, 0.2) is 6.10 Å². The Morgan fingerprint density at radius 3 is 1.95 bits per heavy atom. The van der Waals surface area contributed by atoms with E-state index in [2.05, 4.69) is 42.7 Å². The topological polar surface area (TPSA) is 177 Å². The van der Waals surface area contributed by atoms with Gasteiger partial charge in [0.05, 0.1) is 18.8 Å². The number of ketones is 1. The van der Waals surface area contributed by atoms with Gasteiger partial charge < -0.3 is 29.5 Å². The second-order valence-electron chi connectivity index (χ2n) is 15.5. The van der Waals surface area contributed by atoms with Crippen molar-refractivity contribution in [2.24, 2.45) is 11.8 Å². The Morgan fingerprint density at radius 2 is 1.30 bits per heavy atom.